The van der Waals surface area contributed by atoms with Crippen LogP contribution >= 0.6 is 0 Å². The Balaban J connectivity index is 1.70. The lowest BCUT2D eigenvalue weighted by atomic mass is 10.00. The van der Waals surface area contributed by atoms with Gasteiger partial charge < -0.3 is 10.6 Å². The van der Waals surface area contributed by atoms with E-state index < -0.39 is 5.82 Å². The van der Waals surface area contributed by atoms with Gasteiger partial charge in [0.1, 0.15) is 11.6 Å². The standard InChI is InChI=1S/C24H27FN6/c1-5-20(15(2)3)23-29-22(17-10-18(25)13-26-12-17)30-24(31(23)4)28-19-11-16-8-6-7-9-21(16)27-14-19/h5-10,12-13,15,19,27H,1,11,14H2,2-4H3,(H,28,29,30)/b23-20+. The van der Waals surface area contributed by atoms with E-state index in [1.165, 1.54) is 23.5 Å². The molecule has 0 bridgehead atoms. The summed E-state index contributed by atoms with van der Waals surface area (Å²) in [5, 5.41) is 7.04. The highest BCUT2D eigenvalue weighted by Gasteiger charge is 2.26. The maximum Gasteiger partial charge on any atom is 0.206 e. The fraction of sp³-hybridized carbons (Fsp3) is 0.292. The molecule has 1 unspecified atom stereocenters. The van der Waals surface area contributed by atoms with Crippen LogP contribution in [0.25, 0.3) is 0 Å². The lowest BCUT2D eigenvalue weighted by Gasteiger charge is -2.33. The number of guanidine groups is 1. The number of hydrogen-bond acceptors (Lipinski definition) is 6. The average Bonchev–Trinajstić information content (AvgIpc) is 2.76. The number of allylic oxidation sites excluding steroid dienone is 2. The van der Waals surface area contributed by atoms with Crippen molar-refractivity contribution in [3.05, 3.63) is 83.7 Å². The molecule has 0 fully saturated rings. The van der Waals surface area contributed by atoms with E-state index in [1.807, 2.05) is 24.1 Å². The van der Waals surface area contributed by atoms with Crippen molar-refractivity contribution in [1.29, 1.82) is 0 Å². The number of nitrogens with zero attached hydrogens (tertiary/aromatic N) is 4. The molecule has 0 amide bonds. The summed E-state index contributed by atoms with van der Waals surface area (Å²) in [6, 6.07) is 9.86. The number of fused-ring (bicyclic) bond motifs is 1. The molecule has 2 aliphatic heterocycles. The highest BCUT2D eigenvalue weighted by Crippen LogP contribution is 2.25. The zero-order valence-electron chi connectivity index (χ0n) is 18.1. The third kappa shape index (κ3) is 4.35. The van der Waals surface area contributed by atoms with Crippen LogP contribution in [0.2, 0.25) is 0 Å². The van der Waals surface area contributed by atoms with Crippen LogP contribution in [0.5, 0.6) is 0 Å². The van der Waals surface area contributed by atoms with Gasteiger partial charge in [-0.1, -0.05) is 44.7 Å². The quantitative estimate of drug-likeness (QED) is 0.789. The molecule has 0 radical (unpaired) electrons. The number of aliphatic imine (C=N–C) groups is 2. The van der Waals surface area contributed by atoms with Gasteiger partial charge in [-0.15, -0.1) is 0 Å². The van der Waals surface area contributed by atoms with E-state index in [0.29, 0.717) is 17.4 Å². The first-order valence-electron chi connectivity index (χ1n) is 10.4. The van der Waals surface area contributed by atoms with Gasteiger partial charge in [-0.2, -0.15) is 4.99 Å². The lowest BCUT2D eigenvalue weighted by molar-refractivity contribution is 0.519. The van der Waals surface area contributed by atoms with E-state index in [2.05, 4.69) is 54.2 Å². The van der Waals surface area contributed by atoms with Crippen LogP contribution in [-0.4, -0.2) is 41.3 Å². The molecule has 6 nitrogen and oxygen atoms in total. The minimum Gasteiger partial charge on any atom is -0.383 e. The van der Waals surface area contributed by atoms with Gasteiger partial charge in [-0.05, 0) is 35.6 Å². The van der Waals surface area contributed by atoms with E-state index in [-0.39, 0.29) is 12.0 Å². The second-order valence-electron chi connectivity index (χ2n) is 8.04. The van der Waals surface area contributed by atoms with Gasteiger partial charge in [0.15, 0.2) is 5.84 Å². The third-order valence-corrected chi connectivity index (χ3v) is 5.48. The summed E-state index contributed by atoms with van der Waals surface area (Å²) >= 11 is 0. The molecule has 0 spiro atoms. The van der Waals surface area contributed by atoms with Gasteiger partial charge in [0.2, 0.25) is 5.96 Å². The van der Waals surface area contributed by atoms with Crippen molar-refractivity contribution >= 4 is 17.5 Å². The monoisotopic (exact) mass is 418 g/mol. The van der Waals surface area contributed by atoms with E-state index in [0.717, 1.165) is 24.4 Å². The number of nitrogens with one attached hydrogen (secondary N) is 2. The predicted molar refractivity (Wildman–Crippen MR) is 124 cm³/mol. The van der Waals surface area contributed by atoms with Crippen molar-refractivity contribution in [1.82, 2.24) is 15.2 Å². The normalized spacial score (nSPS) is 19.8. The number of aromatic nitrogens is 1. The molecule has 0 saturated carbocycles. The number of para-hydroxylation sites is 1. The first kappa shape index (κ1) is 20.8. The molecule has 160 valence electrons. The van der Waals surface area contributed by atoms with Crippen LogP contribution in [0.1, 0.15) is 25.0 Å². The van der Waals surface area contributed by atoms with Gasteiger partial charge in [-0.3, -0.25) is 9.88 Å². The van der Waals surface area contributed by atoms with Crippen LogP contribution < -0.4 is 10.6 Å². The van der Waals surface area contributed by atoms with Crippen molar-refractivity contribution < 1.29 is 4.39 Å². The Morgan fingerprint density at radius 2 is 2.10 bits per heavy atom. The molecule has 31 heavy (non-hydrogen) atoms. The van der Waals surface area contributed by atoms with Crippen molar-refractivity contribution in [2.45, 2.75) is 26.3 Å². The molecule has 1 aromatic carbocycles. The maximum absolute atomic E-state index is 13.8. The number of halogens is 1. The summed E-state index contributed by atoms with van der Waals surface area (Å²) in [4.78, 5) is 15.4. The molecule has 3 heterocycles. The number of rotatable bonds is 4. The zero-order valence-corrected chi connectivity index (χ0v) is 18.1. The Bertz CT molecular complexity index is 1080. The van der Waals surface area contributed by atoms with Crippen LogP contribution in [0.15, 0.2) is 76.8 Å². The second-order valence-corrected chi connectivity index (χ2v) is 8.04. The summed E-state index contributed by atoms with van der Waals surface area (Å²) in [5.74, 6) is 1.62. The van der Waals surface area contributed by atoms with Gasteiger partial charge in [0.05, 0.1) is 12.2 Å². The number of benzene rings is 1. The molecule has 0 aliphatic carbocycles. The Morgan fingerprint density at radius 1 is 1.29 bits per heavy atom. The van der Waals surface area contributed by atoms with Gasteiger partial charge >= 0.3 is 0 Å². The largest absolute Gasteiger partial charge is 0.383 e. The maximum atomic E-state index is 13.8. The number of anilines is 1. The van der Waals surface area contributed by atoms with Crippen molar-refractivity contribution in [3.8, 4) is 0 Å². The third-order valence-electron chi connectivity index (χ3n) is 5.48. The smallest absolute Gasteiger partial charge is 0.206 e. The van der Waals surface area contributed by atoms with Gasteiger partial charge in [0.25, 0.3) is 0 Å². The number of hydrogen-bond donors (Lipinski definition) is 2. The van der Waals surface area contributed by atoms with E-state index >= 15 is 0 Å². The predicted octanol–water partition coefficient (Wildman–Crippen LogP) is 3.95. The second kappa shape index (κ2) is 8.71. The fourth-order valence-corrected chi connectivity index (χ4v) is 3.84. The van der Waals surface area contributed by atoms with Crippen molar-refractivity contribution in [3.63, 3.8) is 0 Å². The molecular formula is C24H27FN6. The molecule has 0 saturated heterocycles. The van der Waals surface area contributed by atoms with Crippen molar-refractivity contribution in [2.75, 3.05) is 18.9 Å². The van der Waals surface area contributed by atoms with E-state index in [9.17, 15) is 4.39 Å². The SMILES string of the molecule is C=C/C(=C1/N=C(c2cncc(F)c2)N=C(NC2CNc3ccccc3C2)N1C)C(C)C. The Kier molecular flexibility index (Phi) is 5.84. The van der Waals surface area contributed by atoms with Crippen LogP contribution in [0.4, 0.5) is 10.1 Å². The molecule has 7 heteroatoms. The highest BCUT2D eigenvalue weighted by molar-refractivity contribution is 6.08. The summed E-state index contributed by atoms with van der Waals surface area (Å²) in [7, 11) is 1.93. The first-order valence-corrected chi connectivity index (χ1v) is 10.4. The molecule has 2 aliphatic rings. The number of amidine groups is 1. The minimum atomic E-state index is -0.421. The van der Waals surface area contributed by atoms with Gasteiger partial charge in [0, 0.05) is 31.0 Å². The van der Waals surface area contributed by atoms with Gasteiger partial charge in [-0.25, -0.2) is 9.38 Å². The van der Waals surface area contributed by atoms with Crippen LogP contribution in [0, 0.1) is 11.7 Å². The summed E-state index contributed by atoms with van der Waals surface area (Å²) in [6.45, 7) is 8.94. The van der Waals surface area contributed by atoms with Crippen LogP contribution in [0.3, 0.4) is 0 Å². The summed E-state index contributed by atoms with van der Waals surface area (Å²) in [5.41, 5.74) is 3.95. The highest BCUT2D eigenvalue weighted by atomic mass is 19.1. The Hall–Kier alpha value is -3.48. The molecule has 1 aromatic heterocycles. The fourth-order valence-electron chi connectivity index (χ4n) is 3.84. The minimum absolute atomic E-state index is 0.147. The summed E-state index contributed by atoms with van der Waals surface area (Å²) in [6.07, 6.45) is 5.45. The topological polar surface area (TPSA) is 64.9 Å². The molecule has 2 aromatic rings. The molecule has 4 rings (SSSR count). The Labute approximate surface area is 182 Å². The van der Waals surface area contributed by atoms with E-state index in [1.54, 1.807) is 6.20 Å². The van der Waals surface area contributed by atoms with Crippen molar-refractivity contribution in [2.24, 2.45) is 15.9 Å². The van der Waals surface area contributed by atoms with Crippen LogP contribution in [-0.2, 0) is 6.42 Å². The summed E-state index contributed by atoms with van der Waals surface area (Å²) < 4.78 is 13.8. The molecule has 2 N–H and O–H groups in total. The number of pyridine rings is 1. The molecule has 1 atom stereocenters. The average molecular weight is 419 g/mol. The van der Waals surface area contributed by atoms with E-state index in [4.69, 9.17) is 9.98 Å². The lowest BCUT2D eigenvalue weighted by Crippen LogP contribution is -2.50. The first-order chi connectivity index (χ1) is 15.0. The molecular weight excluding hydrogens is 391 g/mol. The Morgan fingerprint density at radius 3 is 2.84 bits per heavy atom. The zero-order chi connectivity index (χ0) is 22.0.